The molecule has 26 heavy (non-hydrogen) atoms. The summed E-state index contributed by atoms with van der Waals surface area (Å²) in [6.07, 6.45) is 6.81. The second kappa shape index (κ2) is 8.50. The van der Waals surface area contributed by atoms with Crippen LogP contribution in [0.4, 0.5) is 5.69 Å². The zero-order valence-electron chi connectivity index (χ0n) is 15.3. The van der Waals surface area contributed by atoms with E-state index in [1.54, 1.807) is 12.1 Å². The zero-order chi connectivity index (χ0) is 18.6. The molecule has 0 radical (unpaired) electrons. The fourth-order valence-corrected chi connectivity index (χ4v) is 4.78. The van der Waals surface area contributed by atoms with Crippen LogP contribution in [0, 0.1) is 5.92 Å². The number of rotatable bonds is 6. The van der Waals surface area contributed by atoms with Crippen LogP contribution in [0.25, 0.3) is 0 Å². The summed E-state index contributed by atoms with van der Waals surface area (Å²) in [7, 11) is -3.58. The van der Waals surface area contributed by atoms with Crippen molar-refractivity contribution >= 4 is 21.6 Å². The van der Waals surface area contributed by atoms with Crippen molar-refractivity contribution in [2.75, 3.05) is 18.5 Å². The van der Waals surface area contributed by atoms with Gasteiger partial charge in [0.25, 0.3) is 0 Å². The summed E-state index contributed by atoms with van der Waals surface area (Å²) in [4.78, 5) is 11.8. The van der Waals surface area contributed by atoms with Crippen LogP contribution in [0.1, 0.15) is 51.0 Å². The average molecular weight is 381 g/mol. The lowest BCUT2D eigenvalue weighted by Gasteiger charge is -2.28. The number of fused-ring (bicyclic) bond motifs is 1. The molecule has 1 aromatic carbocycles. The molecule has 0 unspecified atom stereocenters. The van der Waals surface area contributed by atoms with Gasteiger partial charge in [-0.2, -0.15) is 0 Å². The van der Waals surface area contributed by atoms with Gasteiger partial charge in [0.1, 0.15) is 0 Å². The molecule has 1 heterocycles. The first-order valence-corrected chi connectivity index (χ1v) is 11.0. The number of benzene rings is 1. The Bertz CT molecular complexity index is 748. The lowest BCUT2D eigenvalue weighted by Crippen LogP contribution is -2.31. The number of carbonyl (C=O) groups is 1. The van der Waals surface area contributed by atoms with E-state index in [1.165, 1.54) is 25.3 Å². The van der Waals surface area contributed by atoms with Gasteiger partial charge in [-0.05, 0) is 55.4 Å². The highest BCUT2D eigenvalue weighted by Crippen LogP contribution is 2.26. The molecule has 1 aromatic rings. The number of aryl methyl sites for hydroxylation is 1. The minimum Gasteiger partial charge on any atom is -0.377 e. The van der Waals surface area contributed by atoms with E-state index in [1.807, 2.05) is 0 Å². The monoisotopic (exact) mass is 380 g/mol. The quantitative estimate of drug-likeness (QED) is 0.743. The summed E-state index contributed by atoms with van der Waals surface area (Å²) in [6, 6.07) is 4.87. The van der Waals surface area contributed by atoms with E-state index in [0.29, 0.717) is 31.1 Å². The Labute approximate surface area is 155 Å². The molecule has 1 fully saturated rings. The minimum absolute atomic E-state index is 0.0217. The molecule has 2 aliphatic rings. The molecule has 2 N–H and O–H groups in total. The van der Waals surface area contributed by atoms with Gasteiger partial charge in [0.15, 0.2) is 0 Å². The van der Waals surface area contributed by atoms with Crippen LogP contribution in [0.2, 0.25) is 0 Å². The average Bonchev–Trinajstić information content (AvgIpc) is 2.80. The van der Waals surface area contributed by atoms with Gasteiger partial charge in [0.05, 0.1) is 17.6 Å². The maximum atomic E-state index is 12.5. The van der Waals surface area contributed by atoms with Crippen molar-refractivity contribution < 1.29 is 17.9 Å². The molecule has 6 nitrogen and oxygen atoms in total. The highest BCUT2D eigenvalue weighted by molar-refractivity contribution is 7.89. The van der Waals surface area contributed by atoms with Crippen LogP contribution in [0.5, 0.6) is 0 Å². The first kappa shape index (κ1) is 19.3. The highest BCUT2D eigenvalue weighted by Gasteiger charge is 2.22. The van der Waals surface area contributed by atoms with E-state index >= 15 is 0 Å². The molecule has 144 valence electrons. The molecule has 0 spiro atoms. The third-order valence-electron chi connectivity index (χ3n) is 5.27. The third kappa shape index (κ3) is 4.84. The molecule has 1 amide bonds. The Morgan fingerprint density at radius 1 is 1.19 bits per heavy atom. The molecule has 3 rings (SSSR count). The van der Waals surface area contributed by atoms with Crippen molar-refractivity contribution in [3.63, 3.8) is 0 Å². The maximum absolute atomic E-state index is 12.5. The number of hydrogen-bond donors (Lipinski definition) is 2. The van der Waals surface area contributed by atoms with Crippen LogP contribution in [-0.2, 0) is 26.0 Å². The Morgan fingerprint density at radius 3 is 2.81 bits per heavy atom. The molecule has 1 aliphatic heterocycles. The predicted molar refractivity (Wildman–Crippen MR) is 101 cm³/mol. The summed E-state index contributed by atoms with van der Waals surface area (Å²) in [5.74, 6) is 0.520. The van der Waals surface area contributed by atoms with Crippen LogP contribution < -0.4 is 10.0 Å². The Morgan fingerprint density at radius 2 is 2.00 bits per heavy atom. The molecule has 1 saturated carbocycles. The topological polar surface area (TPSA) is 84.5 Å². The van der Waals surface area contributed by atoms with Crippen LogP contribution >= 0.6 is 0 Å². The van der Waals surface area contributed by atoms with Crippen molar-refractivity contribution in [3.05, 3.63) is 23.8 Å². The lowest BCUT2D eigenvalue weighted by molar-refractivity contribution is -0.116. The van der Waals surface area contributed by atoms with Gasteiger partial charge in [-0.15, -0.1) is 0 Å². The molecule has 1 aliphatic carbocycles. The van der Waals surface area contributed by atoms with Gasteiger partial charge in [0, 0.05) is 18.7 Å². The third-order valence-corrected chi connectivity index (χ3v) is 6.73. The summed E-state index contributed by atoms with van der Waals surface area (Å²) in [5, 5.41) is 2.82. The van der Waals surface area contributed by atoms with E-state index < -0.39 is 10.0 Å². The number of sulfonamides is 1. The Hall–Kier alpha value is -1.44. The molecular weight excluding hydrogens is 352 g/mol. The standard InChI is InChI=1S/C19H28N2O4S/c1-14-5-2-3-7-18(14)25-12-11-20-26(23,24)16-9-10-17-15(13-16)6-4-8-19(22)21-17/h9-10,13-14,18,20H,2-8,11-12H2,1H3,(H,21,22)/t14-,18-/m0/s1. The zero-order valence-corrected chi connectivity index (χ0v) is 16.1. The Balaban J connectivity index is 1.56. The van der Waals surface area contributed by atoms with Gasteiger partial charge in [0.2, 0.25) is 15.9 Å². The summed E-state index contributed by atoms with van der Waals surface area (Å²) in [6.45, 7) is 2.84. The SMILES string of the molecule is C[C@H]1CCCC[C@@H]1OCCNS(=O)(=O)c1ccc2c(c1)CCCC(=O)N2. The van der Waals surface area contributed by atoms with Gasteiger partial charge in [-0.1, -0.05) is 19.8 Å². The Kier molecular flexibility index (Phi) is 6.32. The van der Waals surface area contributed by atoms with Gasteiger partial charge < -0.3 is 10.1 Å². The second-order valence-electron chi connectivity index (χ2n) is 7.29. The molecule has 2 atom stereocenters. The summed E-state index contributed by atoms with van der Waals surface area (Å²) < 4.78 is 33.6. The molecule has 0 saturated heterocycles. The van der Waals surface area contributed by atoms with Crippen molar-refractivity contribution in [1.82, 2.24) is 4.72 Å². The largest absolute Gasteiger partial charge is 0.377 e. The number of amides is 1. The van der Waals surface area contributed by atoms with E-state index in [0.717, 1.165) is 18.4 Å². The number of anilines is 1. The van der Waals surface area contributed by atoms with E-state index in [-0.39, 0.29) is 23.5 Å². The predicted octanol–water partition coefficient (Wildman–Crippen LogP) is 2.84. The fourth-order valence-electron chi connectivity index (χ4n) is 3.72. The first-order valence-electron chi connectivity index (χ1n) is 9.50. The number of hydrogen-bond acceptors (Lipinski definition) is 4. The highest BCUT2D eigenvalue weighted by atomic mass is 32.2. The van der Waals surface area contributed by atoms with Gasteiger partial charge in [-0.25, -0.2) is 13.1 Å². The van der Waals surface area contributed by atoms with E-state index in [9.17, 15) is 13.2 Å². The molecular formula is C19H28N2O4S. The minimum atomic E-state index is -3.58. The van der Waals surface area contributed by atoms with E-state index in [2.05, 4.69) is 17.0 Å². The normalized spacial score (nSPS) is 23.8. The molecule has 0 bridgehead atoms. The maximum Gasteiger partial charge on any atom is 0.240 e. The summed E-state index contributed by atoms with van der Waals surface area (Å²) >= 11 is 0. The van der Waals surface area contributed by atoms with E-state index in [4.69, 9.17) is 4.74 Å². The van der Waals surface area contributed by atoms with Crippen molar-refractivity contribution in [2.45, 2.75) is 62.9 Å². The van der Waals surface area contributed by atoms with Gasteiger partial charge >= 0.3 is 0 Å². The van der Waals surface area contributed by atoms with Crippen LogP contribution in [-0.4, -0.2) is 33.6 Å². The van der Waals surface area contributed by atoms with Crippen LogP contribution in [0.3, 0.4) is 0 Å². The first-order chi connectivity index (χ1) is 12.5. The number of nitrogens with one attached hydrogen (secondary N) is 2. The smallest absolute Gasteiger partial charge is 0.240 e. The molecule has 0 aromatic heterocycles. The van der Waals surface area contributed by atoms with Crippen LogP contribution in [0.15, 0.2) is 23.1 Å². The van der Waals surface area contributed by atoms with Crippen molar-refractivity contribution in [1.29, 1.82) is 0 Å². The molecule has 7 heteroatoms. The number of ether oxygens (including phenoxy) is 1. The van der Waals surface area contributed by atoms with Crippen molar-refractivity contribution in [3.8, 4) is 0 Å². The van der Waals surface area contributed by atoms with Gasteiger partial charge in [-0.3, -0.25) is 4.79 Å². The number of carbonyl (C=O) groups excluding carboxylic acids is 1. The fraction of sp³-hybridized carbons (Fsp3) is 0.632. The van der Waals surface area contributed by atoms with Crippen molar-refractivity contribution in [2.24, 2.45) is 5.92 Å². The lowest BCUT2D eigenvalue weighted by atomic mass is 9.88. The second-order valence-corrected chi connectivity index (χ2v) is 9.06. The summed E-state index contributed by atoms with van der Waals surface area (Å²) in [5.41, 5.74) is 1.58.